The Balaban J connectivity index is 1.56. The van der Waals surface area contributed by atoms with E-state index in [4.69, 9.17) is 28.9 Å². The number of rotatable bonds is 8. The number of hydrazine groups is 2. The Hall–Kier alpha value is -3.59. The van der Waals surface area contributed by atoms with Gasteiger partial charge < -0.3 is 21.8 Å². The first kappa shape index (κ1) is 25.1. The van der Waals surface area contributed by atoms with Crippen LogP contribution in [0.5, 0.6) is 0 Å². The summed E-state index contributed by atoms with van der Waals surface area (Å²) in [5.41, 5.74) is 19.5. The summed E-state index contributed by atoms with van der Waals surface area (Å²) >= 11 is 14.6. The van der Waals surface area contributed by atoms with Crippen molar-refractivity contribution in [1.29, 1.82) is 5.26 Å². The molecule has 0 aliphatic carbocycles. The van der Waals surface area contributed by atoms with Crippen molar-refractivity contribution >= 4 is 62.5 Å². The van der Waals surface area contributed by atoms with Gasteiger partial charge in [0, 0.05) is 52.7 Å². The fourth-order valence-electron chi connectivity index (χ4n) is 3.99. The molecule has 6 N–H and O–H groups in total. The lowest BCUT2D eigenvalue weighted by Gasteiger charge is -2.20. The predicted molar refractivity (Wildman–Crippen MR) is 150 cm³/mol. The summed E-state index contributed by atoms with van der Waals surface area (Å²) in [5, 5.41) is 22.3. The Morgan fingerprint density at radius 2 is 2.03 bits per heavy atom. The van der Waals surface area contributed by atoms with E-state index in [2.05, 4.69) is 37.6 Å². The number of hydrogen-bond acceptors (Lipinski definition) is 10. The highest BCUT2D eigenvalue weighted by Crippen LogP contribution is 2.37. The molecule has 37 heavy (non-hydrogen) atoms. The largest absolute Gasteiger partial charge is 0.371 e. The second kappa shape index (κ2) is 10.8. The van der Waals surface area contributed by atoms with Crippen LogP contribution in [-0.4, -0.2) is 28.1 Å². The number of anilines is 3. The van der Waals surface area contributed by atoms with Crippen LogP contribution in [0.25, 0.3) is 10.9 Å². The quantitative estimate of drug-likeness (QED) is 0.200. The lowest BCUT2D eigenvalue weighted by atomic mass is 10.1. The number of halogens is 2. The van der Waals surface area contributed by atoms with Gasteiger partial charge in [0.1, 0.15) is 12.1 Å². The second-order valence-corrected chi connectivity index (χ2v) is 9.93. The van der Waals surface area contributed by atoms with Gasteiger partial charge in [-0.3, -0.25) is 9.99 Å². The Kier molecular flexibility index (Phi) is 7.32. The molecule has 1 aliphatic heterocycles. The van der Waals surface area contributed by atoms with Crippen LogP contribution in [0, 0.1) is 18.3 Å². The SMILES string of the molecule is Cc1ccc(Nc2c(C#N)cnc3c(Cl)cc(N[C@H](C4=CN(CCN)NN4)c4cscn4)cc23)cc1Cl. The fraction of sp³-hybridized carbons (Fsp3) is 0.160. The van der Waals surface area contributed by atoms with Gasteiger partial charge in [-0.15, -0.1) is 16.9 Å². The third-order valence-corrected chi connectivity index (χ3v) is 7.16. The summed E-state index contributed by atoms with van der Waals surface area (Å²) < 4.78 is 0. The Labute approximate surface area is 227 Å². The number of nitrogens with two attached hydrogens (primary N) is 1. The average Bonchev–Trinajstić information content (AvgIpc) is 3.58. The molecule has 0 unspecified atom stereocenters. The molecule has 2 aromatic carbocycles. The summed E-state index contributed by atoms with van der Waals surface area (Å²) in [7, 11) is 0. The third kappa shape index (κ3) is 5.27. The first-order valence-corrected chi connectivity index (χ1v) is 13.1. The number of aromatic nitrogens is 2. The average molecular weight is 552 g/mol. The number of thiazole rings is 1. The van der Waals surface area contributed by atoms with Crippen molar-refractivity contribution in [2.24, 2.45) is 5.73 Å². The summed E-state index contributed by atoms with van der Waals surface area (Å²) in [6.45, 7) is 3.08. The van der Waals surface area contributed by atoms with Crippen LogP contribution in [0.15, 0.2) is 59.3 Å². The van der Waals surface area contributed by atoms with E-state index in [0.717, 1.165) is 28.3 Å². The Morgan fingerprint density at radius 3 is 2.76 bits per heavy atom. The maximum absolute atomic E-state index is 9.83. The zero-order valence-electron chi connectivity index (χ0n) is 19.7. The van der Waals surface area contributed by atoms with E-state index in [0.29, 0.717) is 45.3 Å². The topological polar surface area (TPSA) is 127 Å². The van der Waals surface area contributed by atoms with Gasteiger partial charge in [0.25, 0.3) is 0 Å². The molecule has 1 aliphatic rings. The molecule has 0 spiro atoms. The van der Waals surface area contributed by atoms with E-state index < -0.39 is 0 Å². The van der Waals surface area contributed by atoms with E-state index in [1.165, 1.54) is 17.5 Å². The highest BCUT2D eigenvalue weighted by Gasteiger charge is 2.24. The van der Waals surface area contributed by atoms with Crippen molar-refractivity contribution < 1.29 is 0 Å². The molecule has 0 saturated carbocycles. The highest BCUT2D eigenvalue weighted by molar-refractivity contribution is 7.07. The van der Waals surface area contributed by atoms with Gasteiger partial charge in [-0.1, -0.05) is 29.3 Å². The zero-order valence-corrected chi connectivity index (χ0v) is 22.0. The molecule has 188 valence electrons. The first-order chi connectivity index (χ1) is 18.0. The lowest BCUT2D eigenvalue weighted by molar-refractivity contribution is 0.277. The Bertz CT molecular complexity index is 1520. The summed E-state index contributed by atoms with van der Waals surface area (Å²) in [4.78, 5) is 8.97. The molecule has 0 bridgehead atoms. The molecule has 0 saturated heterocycles. The van der Waals surface area contributed by atoms with Crippen LogP contribution in [-0.2, 0) is 0 Å². The number of aryl methyl sites for hydroxylation is 1. The minimum absolute atomic E-state index is 0.297. The number of nitriles is 1. The maximum atomic E-state index is 9.83. The fourth-order valence-corrected chi connectivity index (χ4v) is 5.02. The van der Waals surface area contributed by atoms with Crippen molar-refractivity contribution in [3.8, 4) is 6.07 Å². The molecule has 12 heteroatoms. The van der Waals surface area contributed by atoms with Gasteiger partial charge in [-0.2, -0.15) is 5.26 Å². The van der Waals surface area contributed by atoms with Crippen LogP contribution >= 0.6 is 34.5 Å². The first-order valence-electron chi connectivity index (χ1n) is 11.4. The minimum Gasteiger partial charge on any atom is -0.371 e. The molecule has 1 atom stereocenters. The van der Waals surface area contributed by atoms with Crippen LogP contribution in [0.1, 0.15) is 22.9 Å². The number of nitrogens with one attached hydrogen (secondary N) is 4. The molecular formula is C25H23Cl2N9S. The molecule has 5 rings (SSSR count). The van der Waals surface area contributed by atoms with Gasteiger partial charge >= 0.3 is 0 Å². The smallest absolute Gasteiger partial charge is 0.113 e. The van der Waals surface area contributed by atoms with E-state index in [-0.39, 0.29) is 6.04 Å². The third-order valence-electron chi connectivity index (χ3n) is 5.86. The summed E-state index contributed by atoms with van der Waals surface area (Å²) in [5.74, 6) is 0. The van der Waals surface area contributed by atoms with Crippen LogP contribution in [0.4, 0.5) is 17.1 Å². The van der Waals surface area contributed by atoms with Gasteiger partial charge in [-0.05, 0) is 36.8 Å². The minimum atomic E-state index is -0.297. The predicted octanol–water partition coefficient (Wildman–Crippen LogP) is 5.20. The zero-order chi connectivity index (χ0) is 25.9. The van der Waals surface area contributed by atoms with E-state index in [9.17, 15) is 5.26 Å². The van der Waals surface area contributed by atoms with Crippen molar-refractivity contribution in [3.63, 3.8) is 0 Å². The van der Waals surface area contributed by atoms with E-state index in [1.807, 2.05) is 53.8 Å². The highest BCUT2D eigenvalue weighted by atomic mass is 35.5. The standard InChI is InChI=1S/C25H23Cl2N9S/c1-14-2-3-16(7-19(14)26)32-23-15(9-29)10-30-24-18(23)6-17(8-20(24)27)33-25(22-12-37-13-31-22)21-11-36(5-4-28)35-34-21/h2-3,6-8,10-13,25,33-35H,4-5,28H2,1H3,(H,30,32)/t25-/m1/s1. The molecule has 9 nitrogen and oxygen atoms in total. The molecule has 0 amide bonds. The number of pyridine rings is 1. The van der Waals surface area contributed by atoms with Crippen molar-refractivity contribution in [3.05, 3.63) is 86.2 Å². The van der Waals surface area contributed by atoms with Gasteiger partial charge in [0.15, 0.2) is 0 Å². The number of fused-ring (bicyclic) bond motifs is 1. The molecule has 3 heterocycles. The molecule has 0 radical (unpaired) electrons. The van der Waals surface area contributed by atoms with Gasteiger partial charge in [0.2, 0.25) is 0 Å². The van der Waals surface area contributed by atoms with Crippen LogP contribution in [0.3, 0.4) is 0 Å². The van der Waals surface area contributed by atoms with Gasteiger partial charge in [0.05, 0.1) is 38.7 Å². The molecule has 2 aromatic heterocycles. The second-order valence-electron chi connectivity index (χ2n) is 8.40. The molecule has 4 aromatic rings. The van der Waals surface area contributed by atoms with Crippen LogP contribution < -0.4 is 27.3 Å². The molecule has 0 fully saturated rings. The van der Waals surface area contributed by atoms with Crippen molar-refractivity contribution in [2.75, 3.05) is 23.7 Å². The van der Waals surface area contributed by atoms with Gasteiger partial charge in [-0.25, -0.2) is 4.98 Å². The normalized spacial score (nSPS) is 13.7. The Morgan fingerprint density at radius 1 is 1.19 bits per heavy atom. The number of nitrogens with zero attached hydrogens (tertiary/aromatic N) is 4. The number of hydrogen-bond donors (Lipinski definition) is 5. The summed E-state index contributed by atoms with van der Waals surface area (Å²) in [6, 6.07) is 11.3. The van der Waals surface area contributed by atoms with Crippen LogP contribution in [0.2, 0.25) is 10.0 Å². The van der Waals surface area contributed by atoms with Crippen molar-refractivity contribution in [1.82, 2.24) is 25.9 Å². The monoisotopic (exact) mass is 551 g/mol. The van der Waals surface area contributed by atoms with E-state index in [1.54, 1.807) is 5.51 Å². The molecular weight excluding hydrogens is 529 g/mol. The maximum Gasteiger partial charge on any atom is 0.113 e. The number of benzene rings is 2. The van der Waals surface area contributed by atoms with E-state index >= 15 is 0 Å². The van der Waals surface area contributed by atoms with Crippen molar-refractivity contribution in [2.45, 2.75) is 13.0 Å². The summed E-state index contributed by atoms with van der Waals surface area (Å²) in [6.07, 6.45) is 3.47. The lowest BCUT2D eigenvalue weighted by Crippen LogP contribution is -2.39.